The lowest BCUT2D eigenvalue weighted by Gasteiger charge is -2.29. The van der Waals surface area contributed by atoms with E-state index in [2.05, 4.69) is 20.0 Å². The number of hydrogen-bond donors (Lipinski definition) is 4. The van der Waals surface area contributed by atoms with Crippen LogP contribution in [0.5, 0.6) is 5.88 Å². The van der Waals surface area contributed by atoms with Crippen LogP contribution in [0.15, 0.2) is 71.2 Å². The van der Waals surface area contributed by atoms with Crippen molar-refractivity contribution in [2.45, 2.75) is 27.0 Å². The number of benzene rings is 1. The molecule has 11 heteroatoms. The van der Waals surface area contributed by atoms with E-state index < -0.39 is 6.23 Å². The Hall–Kier alpha value is -4.35. The number of fused-ring (bicyclic) bond motifs is 1. The number of halogens is 1. The van der Waals surface area contributed by atoms with Gasteiger partial charge in [-0.2, -0.15) is 0 Å². The molecule has 0 unspecified atom stereocenters. The third-order valence-corrected chi connectivity index (χ3v) is 5.53. The summed E-state index contributed by atoms with van der Waals surface area (Å²) in [6, 6.07) is 14.5. The van der Waals surface area contributed by atoms with Gasteiger partial charge in [-0.05, 0) is 37.3 Å². The molecule has 5 rings (SSSR count). The number of hydrogen-bond acceptors (Lipinski definition) is 9. The lowest BCUT2D eigenvalue weighted by molar-refractivity contribution is -0.376. The Morgan fingerprint density at radius 3 is 2.43 bits per heavy atom. The number of aryl methyl sites for hydroxylation is 1. The molecule has 0 fully saturated rings. The summed E-state index contributed by atoms with van der Waals surface area (Å²) in [5.41, 5.74) is 4.55. The number of likely N-dealkylation sites (N-methyl/N-ethyl adjacent to an activating group) is 1. The smallest absolute Gasteiger partial charge is 0.395 e. The van der Waals surface area contributed by atoms with Crippen molar-refractivity contribution in [3.8, 4) is 17.1 Å². The van der Waals surface area contributed by atoms with Crippen LogP contribution in [0.4, 0.5) is 21.6 Å². The number of rotatable bonds is 4. The highest BCUT2D eigenvalue weighted by molar-refractivity contribution is 6.05. The molecule has 192 valence electrons. The minimum atomic E-state index is -3.81. The number of nitrogens with one attached hydrogen (secondary N) is 2. The molecule has 4 N–H and O–H groups in total. The molecule has 0 amide bonds. The monoisotopic (exact) mass is 505 g/mol. The zero-order chi connectivity index (χ0) is 26.7. The van der Waals surface area contributed by atoms with Gasteiger partial charge in [-0.3, -0.25) is 10.3 Å². The fraction of sp³-hybridized carbons (Fsp3) is 0.231. The second kappa shape index (κ2) is 10.3. The number of nitrogens with zero attached hydrogens (tertiary/aromatic N) is 5. The first kappa shape index (κ1) is 25.7. The summed E-state index contributed by atoms with van der Waals surface area (Å²) in [6.45, 7) is 6.58. The van der Waals surface area contributed by atoms with Crippen LogP contribution in [0.1, 0.15) is 19.4 Å². The van der Waals surface area contributed by atoms with Gasteiger partial charge >= 0.3 is 6.23 Å². The van der Waals surface area contributed by atoms with Crippen LogP contribution in [-0.4, -0.2) is 57.0 Å². The highest BCUT2D eigenvalue weighted by Gasteiger charge is 2.33. The molecule has 2 aliphatic rings. The average molecular weight is 506 g/mol. The Morgan fingerprint density at radius 2 is 1.81 bits per heavy atom. The Kier molecular flexibility index (Phi) is 7.18. The van der Waals surface area contributed by atoms with Gasteiger partial charge < -0.3 is 25.2 Å². The highest BCUT2D eigenvalue weighted by Crippen LogP contribution is 2.43. The van der Waals surface area contributed by atoms with E-state index in [1.54, 1.807) is 18.3 Å². The van der Waals surface area contributed by atoms with Crippen molar-refractivity contribution in [2.75, 3.05) is 23.8 Å². The van der Waals surface area contributed by atoms with Crippen LogP contribution < -0.4 is 15.0 Å². The summed E-state index contributed by atoms with van der Waals surface area (Å²) in [7, 11) is 1.90. The van der Waals surface area contributed by atoms with E-state index in [0.29, 0.717) is 35.1 Å². The number of aliphatic hydroxyl groups is 2. The van der Waals surface area contributed by atoms with Crippen molar-refractivity contribution in [3.63, 3.8) is 0 Å². The largest absolute Gasteiger partial charge is 0.493 e. The first-order chi connectivity index (χ1) is 17.7. The standard InChI is InChI=1S/C24H22FN7O3.C2H6/c1-14-3-6-16(7-4-14)32-22-18(30-23(32)20-21(26)27-11-12-31(20)2)9-8-17(29-22)15-5-10-19(28-13-15)35-24(25,33)34;1-2/h3-11,13,26,30,33-34H,12H2,1-2H3;1-2H3/b23-20-,26-21?;. The van der Waals surface area contributed by atoms with Gasteiger partial charge in [0, 0.05) is 36.8 Å². The van der Waals surface area contributed by atoms with Gasteiger partial charge in [0.15, 0.2) is 11.7 Å². The summed E-state index contributed by atoms with van der Waals surface area (Å²) in [5, 5.41) is 29.3. The SMILES string of the molecule is CC.Cc1ccc(N2/C(=C3/C(=N)N=CCN3C)Nc3ccc(-c4ccc(OC(O)(O)F)nc4)nc32)cc1. The fourth-order valence-corrected chi connectivity index (χ4v) is 3.88. The number of aromatic nitrogens is 2. The van der Waals surface area contributed by atoms with Gasteiger partial charge in [-0.1, -0.05) is 31.5 Å². The molecule has 0 spiro atoms. The summed E-state index contributed by atoms with van der Waals surface area (Å²) in [6.07, 6.45) is -0.719. The van der Waals surface area contributed by atoms with Crippen LogP contribution in [-0.2, 0) is 0 Å². The molecule has 4 heterocycles. The molecule has 2 aliphatic heterocycles. The second-order valence-electron chi connectivity index (χ2n) is 8.12. The van der Waals surface area contributed by atoms with Crippen molar-refractivity contribution in [2.24, 2.45) is 4.99 Å². The predicted octanol–water partition coefficient (Wildman–Crippen LogP) is 4.15. The first-order valence-electron chi connectivity index (χ1n) is 11.7. The molecular formula is C26H28FN7O3. The third-order valence-electron chi connectivity index (χ3n) is 5.53. The normalized spacial score (nSPS) is 16.7. The molecule has 0 saturated carbocycles. The average Bonchev–Trinajstić information content (AvgIpc) is 3.23. The molecule has 37 heavy (non-hydrogen) atoms. The number of amidine groups is 1. The van der Waals surface area contributed by atoms with Crippen LogP contribution >= 0.6 is 0 Å². The van der Waals surface area contributed by atoms with E-state index in [1.807, 2.05) is 68.0 Å². The fourth-order valence-electron chi connectivity index (χ4n) is 3.88. The second-order valence-corrected chi connectivity index (χ2v) is 8.12. The van der Waals surface area contributed by atoms with E-state index in [9.17, 15) is 4.39 Å². The van der Waals surface area contributed by atoms with Crippen molar-refractivity contribution in [1.29, 1.82) is 5.41 Å². The van der Waals surface area contributed by atoms with Gasteiger partial charge in [0.1, 0.15) is 11.5 Å². The summed E-state index contributed by atoms with van der Waals surface area (Å²) < 4.78 is 17.2. The van der Waals surface area contributed by atoms with Gasteiger partial charge in [-0.15, -0.1) is 4.39 Å². The van der Waals surface area contributed by atoms with Crippen LogP contribution in [0.3, 0.4) is 0 Å². The number of alkyl halides is 1. The molecule has 10 nitrogen and oxygen atoms in total. The number of ether oxygens (including phenoxy) is 1. The zero-order valence-corrected chi connectivity index (χ0v) is 20.9. The molecule has 0 bridgehead atoms. The molecule has 3 aromatic rings. The Bertz CT molecular complexity index is 1350. The van der Waals surface area contributed by atoms with Crippen LogP contribution in [0.2, 0.25) is 0 Å². The molecule has 0 atom stereocenters. The molecule has 0 radical (unpaired) electrons. The maximum atomic E-state index is 12.9. The molecule has 1 aromatic carbocycles. The van der Waals surface area contributed by atoms with Crippen molar-refractivity contribution >= 4 is 29.2 Å². The van der Waals surface area contributed by atoms with Gasteiger partial charge in [0.25, 0.3) is 0 Å². The van der Waals surface area contributed by atoms with E-state index in [-0.39, 0.29) is 11.7 Å². The van der Waals surface area contributed by atoms with Crippen molar-refractivity contribution < 1.29 is 19.3 Å². The molecule has 0 aliphatic carbocycles. The predicted molar refractivity (Wildman–Crippen MR) is 141 cm³/mol. The maximum absolute atomic E-state index is 12.9. The summed E-state index contributed by atoms with van der Waals surface area (Å²) in [5.74, 6) is 1.14. The van der Waals surface area contributed by atoms with Gasteiger partial charge in [-0.25, -0.2) is 15.0 Å². The minimum absolute atomic E-state index is 0.142. The van der Waals surface area contributed by atoms with Gasteiger partial charge in [0.05, 0.1) is 17.9 Å². The van der Waals surface area contributed by atoms with E-state index >= 15 is 0 Å². The van der Waals surface area contributed by atoms with Crippen molar-refractivity contribution in [3.05, 3.63) is 71.8 Å². The quantitative estimate of drug-likeness (QED) is 0.389. The molecule has 0 saturated heterocycles. The summed E-state index contributed by atoms with van der Waals surface area (Å²) in [4.78, 5) is 16.9. The van der Waals surface area contributed by atoms with Crippen LogP contribution in [0, 0.1) is 12.3 Å². The number of aliphatic imine (C=N–C) groups is 1. The number of anilines is 3. The maximum Gasteiger partial charge on any atom is 0.493 e. The lowest BCUT2D eigenvalue weighted by atomic mass is 10.2. The lowest BCUT2D eigenvalue weighted by Crippen LogP contribution is -2.34. The zero-order valence-electron chi connectivity index (χ0n) is 20.9. The van der Waals surface area contributed by atoms with Crippen LogP contribution in [0.25, 0.3) is 11.3 Å². The topological polar surface area (TPSA) is 130 Å². The first-order valence-corrected chi connectivity index (χ1v) is 11.7. The Labute approximate surface area is 213 Å². The molecular weight excluding hydrogens is 477 g/mol. The van der Waals surface area contributed by atoms with E-state index in [1.165, 1.54) is 12.3 Å². The third kappa shape index (κ3) is 5.42. The highest BCUT2D eigenvalue weighted by atomic mass is 19.2. The van der Waals surface area contributed by atoms with Gasteiger partial charge in [0.2, 0.25) is 5.88 Å². The Balaban J connectivity index is 0.00000156. The van der Waals surface area contributed by atoms with E-state index in [0.717, 1.165) is 16.9 Å². The van der Waals surface area contributed by atoms with Crippen molar-refractivity contribution in [1.82, 2.24) is 14.9 Å². The van der Waals surface area contributed by atoms with E-state index in [4.69, 9.17) is 20.6 Å². The number of pyridine rings is 2. The molecule has 2 aromatic heterocycles. The summed E-state index contributed by atoms with van der Waals surface area (Å²) >= 11 is 0. The minimum Gasteiger partial charge on any atom is -0.395 e. The Morgan fingerprint density at radius 1 is 1.08 bits per heavy atom.